The van der Waals surface area contributed by atoms with Crippen molar-refractivity contribution in [2.24, 2.45) is 0 Å². The van der Waals surface area contributed by atoms with Crippen LogP contribution in [0.1, 0.15) is 42.3 Å². The number of ether oxygens (including phenoxy) is 2. The van der Waals surface area contributed by atoms with Crippen LogP contribution in [-0.2, 0) is 22.3 Å². The summed E-state index contributed by atoms with van der Waals surface area (Å²) in [5.74, 6) is 1.22. The van der Waals surface area contributed by atoms with Gasteiger partial charge in [-0.2, -0.15) is 0 Å². The van der Waals surface area contributed by atoms with Crippen LogP contribution < -0.4 is 10.1 Å². The normalized spacial score (nSPS) is 12.0. The highest BCUT2D eigenvalue weighted by Crippen LogP contribution is 2.37. The molecule has 0 unspecified atom stereocenters. The van der Waals surface area contributed by atoms with Crippen molar-refractivity contribution in [2.75, 3.05) is 19.5 Å². The van der Waals surface area contributed by atoms with Crippen molar-refractivity contribution in [3.05, 3.63) is 65.2 Å². The van der Waals surface area contributed by atoms with Crippen LogP contribution >= 0.6 is 0 Å². The first-order valence-corrected chi connectivity index (χ1v) is 14.0. The number of anilines is 1. The van der Waals surface area contributed by atoms with Crippen molar-refractivity contribution in [1.29, 1.82) is 0 Å². The fraction of sp³-hybridized carbons (Fsp3) is 0.385. The quantitative estimate of drug-likeness (QED) is 0.316. The molecule has 0 atom stereocenters. The highest BCUT2D eigenvalue weighted by molar-refractivity contribution is 6.74. The second-order valence-electron chi connectivity index (χ2n) is 9.64. The molecule has 3 rings (SSSR count). The van der Waals surface area contributed by atoms with Crippen molar-refractivity contribution in [2.45, 2.75) is 52.1 Å². The summed E-state index contributed by atoms with van der Waals surface area (Å²) >= 11 is 0. The van der Waals surface area contributed by atoms with Gasteiger partial charge in [0.1, 0.15) is 11.6 Å². The zero-order chi connectivity index (χ0) is 24.2. The maximum Gasteiger partial charge on any atom is 0.337 e. The molecular formula is C26H34N2O4Si. The molecule has 3 aromatic rings. The molecule has 0 saturated heterocycles. The molecule has 2 aromatic carbocycles. The number of nitrogens with zero attached hydrogens (tertiary/aromatic N) is 1. The lowest BCUT2D eigenvalue weighted by molar-refractivity contribution is 0.0601. The summed E-state index contributed by atoms with van der Waals surface area (Å²) in [4.78, 5) is 16.9. The molecule has 7 heteroatoms. The molecule has 0 bridgehead atoms. The molecule has 33 heavy (non-hydrogen) atoms. The van der Waals surface area contributed by atoms with Crippen LogP contribution in [0.5, 0.6) is 5.75 Å². The Morgan fingerprint density at radius 3 is 2.33 bits per heavy atom. The van der Waals surface area contributed by atoms with E-state index in [9.17, 15) is 4.79 Å². The molecule has 1 aromatic heterocycles. The minimum Gasteiger partial charge on any atom is -0.497 e. The lowest BCUT2D eigenvalue weighted by atomic mass is 10.1. The topological polar surface area (TPSA) is 69.7 Å². The minimum absolute atomic E-state index is 0.0997. The highest BCUT2D eigenvalue weighted by Gasteiger charge is 2.37. The van der Waals surface area contributed by atoms with Crippen LogP contribution in [0.3, 0.4) is 0 Å². The van der Waals surface area contributed by atoms with Crippen molar-refractivity contribution in [3.63, 3.8) is 0 Å². The number of hydrogen-bond donors (Lipinski definition) is 1. The van der Waals surface area contributed by atoms with E-state index < -0.39 is 8.32 Å². The van der Waals surface area contributed by atoms with Gasteiger partial charge in [-0.05, 0) is 65.7 Å². The van der Waals surface area contributed by atoms with Crippen molar-refractivity contribution in [3.8, 4) is 5.75 Å². The maximum absolute atomic E-state index is 12.1. The van der Waals surface area contributed by atoms with Gasteiger partial charge >= 0.3 is 5.97 Å². The molecule has 0 aliphatic carbocycles. The number of fused-ring (bicyclic) bond motifs is 1. The van der Waals surface area contributed by atoms with E-state index in [0.717, 1.165) is 33.6 Å². The average Bonchev–Trinajstić information content (AvgIpc) is 2.80. The van der Waals surface area contributed by atoms with Crippen LogP contribution in [0.25, 0.3) is 10.9 Å². The zero-order valence-corrected chi connectivity index (χ0v) is 21.6. The Kier molecular flexibility index (Phi) is 7.44. The molecule has 0 saturated carbocycles. The Hall–Kier alpha value is -2.90. The van der Waals surface area contributed by atoms with Gasteiger partial charge in [0.25, 0.3) is 0 Å². The van der Waals surface area contributed by atoms with E-state index in [2.05, 4.69) is 39.2 Å². The molecule has 6 nitrogen and oxygen atoms in total. The first-order chi connectivity index (χ1) is 15.5. The number of pyridine rings is 1. The van der Waals surface area contributed by atoms with Crippen molar-refractivity contribution >= 4 is 31.0 Å². The van der Waals surface area contributed by atoms with Crippen molar-refractivity contribution in [1.82, 2.24) is 4.98 Å². The Morgan fingerprint density at radius 2 is 1.73 bits per heavy atom. The molecule has 0 aliphatic rings. The number of carbonyl (C=O) groups excluding carboxylic acids is 1. The molecule has 0 fully saturated rings. The van der Waals surface area contributed by atoms with Crippen LogP contribution in [0.4, 0.5) is 5.82 Å². The number of aromatic nitrogens is 1. The van der Waals surface area contributed by atoms with Gasteiger partial charge in [0.05, 0.1) is 31.9 Å². The predicted molar refractivity (Wildman–Crippen MR) is 135 cm³/mol. The molecule has 176 valence electrons. The Morgan fingerprint density at radius 1 is 1.03 bits per heavy atom. The number of benzene rings is 2. The van der Waals surface area contributed by atoms with Gasteiger partial charge in [-0.25, -0.2) is 9.78 Å². The number of nitrogens with one attached hydrogen (secondary N) is 1. The van der Waals surface area contributed by atoms with E-state index in [4.69, 9.17) is 18.9 Å². The molecule has 0 spiro atoms. The lowest BCUT2D eigenvalue weighted by Crippen LogP contribution is -2.40. The first kappa shape index (κ1) is 24.7. The van der Waals surface area contributed by atoms with E-state index in [1.165, 1.54) is 7.11 Å². The number of hydrogen-bond acceptors (Lipinski definition) is 6. The van der Waals surface area contributed by atoms with Gasteiger partial charge < -0.3 is 19.2 Å². The third-order valence-corrected chi connectivity index (χ3v) is 10.8. The van der Waals surface area contributed by atoms with Crippen LogP contribution in [0.15, 0.2) is 48.5 Å². The summed E-state index contributed by atoms with van der Waals surface area (Å²) < 4.78 is 16.7. The number of carbonyl (C=O) groups is 1. The van der Waals surface area contributed by atoms with Crippen LogP contribution in [-0.4, -0.2) is 33.5 Å². The standard InChI is InChI=1S/C26H34N2O4Si/c1-26(2,3)33(6,7)32-17-20-15-24(27-16-18-8-11-21(30-4)12-9-18)28-23-13-10-19(14-22(20)23)25(29)31-5/h8-15H,16-17H2,1-7H3,(H,27,28). The molecule has 0 aliphatic heterocycles. The Labute approximate surface area is 197 Å². The number of rotatable bonds is 8. The van der Waals surface area contributed by atoms with Gasteiger partial charge in [0.2, 0.25) is 0 Å². The number of methoxy groups -OCH3 is 2. The average molecular weight is 467 g/mol. The predicted octanol–water partition coefficient (Wildman–Crippen LogP) is 6.16. The third-order valence-electron chi connectivity index (χ3n) is 6.34. The van der Waals surface area contributed by atoms with Gasteiger partial charge in [0.15, 0.2) is 8.32 Å². The summed E-state index contributed by atoms with van der Waals surface area (Å²) in [7, 11) is 1.09. The monoisotopic (exact) mass is 466 g/mol. The van der Waals surface area contributed by atoms with Gasteiger partial charge in [-0.1, -0.05) is 32.9 Å². The molecule has 0 radical (unpaired) electrons. The fourth-order valence-electron chi connectivity index (χ4n) is 3.16. The van der Waals surface area contributed by atoms with E-state index in [1.807, 2.05) is 42.5 Å². The molecular weight excluding hydrogens is 432 g/mol. The van der Waals surface area contributed by atoms with E-state index in [0.29, 0.717) is 18.7 Å². The summed E-state index contributed by atoms with van der Waals surface area (Å²) in [5.41, 5.74) is 3.42. The van der Waals surface area contributed by atoms with E-state index in [-0.39, 0.29) is 11.0 Å². The van der Waals surface area contributed by atoms with E-state index >= 15 is 0 Å². The SMILES string of the molecule is COC(=O)c1ccc2nc(NCc3ccc(OC)cc3)cc(CO[Si](C)(C)C(C)(C)C)c2c1. The molecule has 0 amide bonds. The van der Waals surface area contributed by atoms with Gasteiger partial charge in [-0.3, -0.25) is 0 Å². The summed E-state index contributed by atoms with van der Waals surface area (Å²) in [6.07, 6.45) is 0. The van der Waals surface area contributed by atoms with Gasteiger partial charge in [0, 0.05) is 11.9 Å². The first-order valence-electron chi connectivity index (χ1n) is 11.1. The summed E-state index contributed by atoms with van der Waals surface area (Å²) in [5, 5.41) is 4.41. The second-order valence-corrected chi connectivity index (χ2v) is 14.5. The van der Waals surface area contributed by atoms with Crippen molar-refractivity contribution < 1.29 is 18.7 Å². The maximum atomic E-state index is 12.1. The zero-order valence-electron chi connectivity index (χ0n) is 20.6. The number of esters is 1. The van der Waals surface area contributed by atoms with Crippen LogP contribution in [0.2, 0.25) is 18.1 Å². The lowest BCUT2D eigenvalue weighted by Gasteiger charge is -2.36. The third kappa shape index (κ3) is 5.92. The summed E-state index contributed by atoms with van der Waals surface area (Å²) in [6.45, 7) is 12.2. The Balaban J connectivity index is 1.93. The molecule has 1 heterocycles. The van der Waals surface area contributed by atoms with Gasteiger partial charge in [-0.15, -0.1) is 0 Å². The molecule has 1 N–H and O–H groups in total. The highest BCUT2D eigenvalue weighted by atomic mass is 28.4. The van der Waals surface area contributed by atoms with Crippen LogP contribution in [0, 0.1) is 0 Å². The largest absolute Gasteiger partial charge is 0.497 e. The smallest absolute Gasteiger partial charge is 0.337 e. The van der Waals surface area contributed by atoms with E-state index in [1.54, 1.807) is 13.2 Å². The minimum atomic E-state index is -1.96. The fourth-order valence-corrected chi connectivity index (χ4v) is 4.11. The second kappa shape index (κ2) is 9.93. The summed E-state index contributed by atoms with van der Waals surface area (Å²) in [6, 6.07) is 15.4. The Bertz CT molecular complexity index is 1120.